The Kier molecular flexibility index (Phi) is 8.25. The van der Waals surface area contributed by atoms with Crippen molar-refractivity contribution in [2.45, 2.75) is 20.1 Å². The molecule has 8 heteroatoms. The molecule has 1 aliphatic heterocycles. The van der Waals surface area contributed by atoms with E-state index >= 15 is 0 Å². The summed E-state index contributed by atoms with van der Waals surface area (Å²) in [6, 6.07) is 33.1. The predicted molar refractivity (Wildman–Crippen MR) is 173 cm³/mol. The van der Waals surface area contributed by atoms with Crippen molar-refractivity contribution in [2.24, 2.45) is 0 Å². The molecule has 7 nitrogen and oxygen atoms in total. The third kappa shape index (κ3) is 6.11. The number of hydrogen-bond acceptors (Lipinski definition) is 5. The van der Waals surface area contributed by atoms with Gasteiger partial charge in [0.05, 0.1) is 10.2 Å². The Bertz CT molecular complexity index is 1920. The molecule has 1 aliphatic rings. The molecule has 0 saturated carbocycles. The summed E-state index contributed by atoms with van der Waals surface area (Å²) in [5.74, 6) is -0.288. The first-order valence-electron chi connectivity index (χ1n) is 14.0. The molecule has 0 unspecified atom stereocenters. The number of ether oxygens (including phenoxy) is 2. The van der Waals surface area contributed by atoms with Crippen molar-refractivity contribution in [2.75, 3.05) is 4.90 Å². The van der Waals surface area contributed by atoms with Gasteiger partial charge in [-0.1, -0.05) is 72.8 Å². The number of anilines is 1. The summed E-state index contributed by atoms with van der Waals surface area (Å²) in [5, 5.41) is 4.55. The average Bonchev–Trinajstić information content (AvgIpc) is 3.03. The Balaban J connectivity index is 1.17. The number of imide groups is 2. The number of benzene rings is 5. The number of hydrogen-bond donors (Lipinski definition) is 1. The smallest absolute Gasteiger partial charge is 0.335 e. The minimum atomic E-state index is -0.816. The predicted octanol–water partition coefficient (Wildman–Crippen LogP) is 7.74. The number of halogens is 1. The summed E-state index contributed by atoms with van der Waals surface area (Å²) in [4.78, 5) is 39.8. The van der Waals surface area contributed by atoms with Crippen molar-refractivity contribution < 1.29 is 23.9 Å². The molecule has 5 aromatic rings. The van der Waals surface area contributed by atoms with E-state index in [4.69, 9.17) is 9.47 Å². The Morgan fingerprint density at radius 1 is 0.795 bits per heavy atom. The van der Waals surface area contributed by atoms with Gasteiger partial charge in [0.15, 0.2) is 0 Å². The maximum absolute atomic E-state index is 13.4. The number of aryl methyl sites for hydroxylation is 1. The zero-order valence-corrected chi connectivity index (χ0v) is 25.3. The van der Waals surface area contributed by atoms with Gasteiger partial charge >= 0.3 is 6.03 Å². The van der Waals surface area contributed by atoms with Gasteiger partial charge in [-0.2, -0.15) is 0 Å². The lowest BCUT2D eigenvalue weighted by Crippen LogP contribution is -2.54. The monoisotopic (exact) mass is 646 g/mol. The molecule has 0 bridgehead atoms. The van der Waals surface area contributed by atoms with E-state index in [0.717, 1.165) is 32.4 Å². The van der Waals surface area contributed by atoms with Crippen LogP contribution < -0.4 is 19.7 Å². The van der Waals surface area contributed by atoms with Crippen LogP contribution in [0.25, 0.3) is 16.8 Å². The molecule has 1 saturated heterocycles. The first-order chi connectivity index (χ1) is 21.4. The van der Waals surface area contributed by atoms with Crippen LogP contribution in [0.1, 0.15) is 22.3 Å². The lowest BCUT2D eigenvalue weighted by molar-refractivity contribution is -0.122. The van der Waals surface area contributed by atoms with Gasteiger partial charge in [-0.3, -0.25) is 14.9 Å². The van der Waals surface area contributed by atoms with Gasteiger partial charge in [-0.25, -0.2) is 9.69 Å². The topological polar surface area (TPSA) is 84.9 Å². The highest BCUT2D eigenvalue weighted by Gasteiger charge is 2.36. The summed E-state index contributed by atoms with van der Waals surface area (Å²) >= 11 is 3.56. The number of barbiturate groups is 1. The second kappa shape index (κ2) is 12.6. The fraction of sp³-hybridized carbons (Fsp3) is 0.0833. The van der Waals surface area contributed by atoms with Crippen molar-refractivity contribution in [1.82, 2.24) is 5.32 Å². The first-order valence-corrected chi connectivity index (χ1v) is 14.7. The number of amides is 4. The Morgan fingerprint density at radius 3 is 2.32 bits per heavy atom. The molecule has 6 rings (SSSR count). The largest absolute Gasteiger partial charge is 0.489 e. The Labute approximate surface area is 262 Å². The molecule has 0 spiro atoms. The highest BCUT2D eigenvalue weighted by molar-refractivity contribution is 9.10. The number of rotatable bonds is 8. The van der Waals surface area contributed by atoms with E-state index in [2.05, 4.69) is 52.4 Å². The van der Waals surface area contributed by atoms with Gasteiger partial charge in [0.1, 0.15) is 30.3 Å². The average molecular weight is 648 g/mol. The molecule has 0 aliphatic carbocycles. The quantitative estimate of drug-likeness (QED) is 0.138. The van der Waals surface area contributed by atoms with Gasteiger partial charge in [-0.15, -0.1) is 0 Å². The highest BCUT2D eigenvalue weighted by atomic mass is 79.9. The summed E-state index contributed by atoms with van der Waals surface area (Å²) in [6.45, 7) is 2.82. The molecule has 0 atom stereocenters. The number of urea groups is 1. The molecule has 1 heterocycles. The van der Waals surface area contributed by atoms with Gasteiger partial charge in [0.2, 0.25) is 0 Å². The minimum absolute atomic E-state index is 0.166. The van der Waals surface area contributed by atoms with Crippen LogP contribution in [-0.2, 0) is 22.8 Å². The van der Waals surface area contributed by atoms with E-state index in [1.807, 2.05) is 42.5 Å². The van der Waals surface area contributed by atoms with Gasteiger partial charge in [-0.05, 0) is 92.8 Å². The molecule has 1 fully saturated rings. The van der Waals surface area contributed by atoms with Crippen molar-refractivity contribution in [3.63, 3.8) is 0 Å². The normalized spacial score (nSPS) is 14.2. The van der Waals surface area contributed by atoms with Crippen LogP contribution in [0, 0.1) is 6.92 Å². The second-order valence-electron chi connectivity index (χ2n) is 10.3. The van der Waals surface area contributed by atoms with E-state index in [1.54, 1.807) is 42.5 Å². The highest BCUT2D eigenvalue weighted by Crippen LogP contribution is 2.31. The van der Waals surface area contributed by atoms with E-state index in [0.29, 0.717) is 40.4 Å². The van der Waals surface area contributed by atoms with Gasteiger partial charge in [0.25, 0.3) is 11.8 Å². The third-order valence-electron chi connectivity index (χ3n) is 7.36. The minimum Gasteiger partial charge on any atom is -0.489 e. The van der Waals surface area contributed by atoms with Crippen LogP contribution in [0.5, 0.6) is 11.5 Å². The van der Waals surface area contributed by atoms with Gasteiger partial charge in [0, 0.05) is 5.56 Å². The van der Waals surface area contributed by atoms with Gasteiger partial charge < -0.3 is 9.47 Å². The number of carbonyl (C=O) groups excluding carboxylic acids is 3. The molecule has 218 valence electrons. The Morgan fingerprint density at radius 2 is 1.55 bits per heavy atom. The van der Waals surface area contributed by atoms with Crippen LogP contribution in [0.4, 0.5) is 10.5 Å². The zero-order valence-electron chi connectivity index (χ0n) is 23.8. The molecule has 0 aromatic heterocycles. The molecule has 1 N–H and O–H groups in total. The Hall–Kier alpha value is -5.21. The molecular formula is C36H27BrN2O5. The number of nitrogens with zero attached hydrogens (tertiary/aromatic N) is 1. The van der Waals surface area contributed by atoms with Crippen LogP contribution in [0.15, 0.2) is 119 Å². The van der Waals surface area contributed by atoms with Crippen LogP contribution in [0.2, 0.25) is 0 Å². The van der Waals surface area contributed by atoms with Crippen LogP contribution in [0.3, 0.4) is 0 Å². The first kappa shape index (κ1) is 28.9. The second-order valence-corrected chi connectivity index (χ2v) is 11.1. The molecule has 4 amide bonds. The molecule has 44 heavy (non-hydrogen) atoms. The number of carbonyl (C=O) groups is 3. The van der Waals surface area contributed by atoms with Crippen LogP contribution >= 0.6 is 15.9 Å². The van der Waals surface area contributed by atoms with E-state index in [1.165, 1.54) is 6.08 Å². The number of nitrogens with one attached hydrogen (secondary N) is 1. The molecular weight excluding hydrogens is 620 g/mol. The van der Waals surface area contributed by atoms with E-state index in [9.17, 15) is 14.4 Å². The van der Waals surface area contributed by atoms with Crippen molar-refractivity contribution >= 4 is 56.3 Å². The van der Waals surface area contributed by atoms with Crippen LogP contribution in [-0.4, -0.2) is 17.8 Å². The summed E-state index contributed by atoms with van der Waals surface area (Å²) in [6.07, 6.45) is 1.46. The lowest BCUT2D eigenvalue weighted by atomic mass is 10.0. The lowest BCUT2D eigenvalue weighted by Gasteiger charge is -2.26. The summed E-state index contributed by atoms with van der Waals surface area (Å²) in [7, 11) is 0. The standard InChI is InChI=1S/C36H27BrN2O5/c1-23-11-13-26-9-5-6-10-29(26)31(23)22-44-33-18-12-25(20-32(33)37)19-30-34(40)38-36(42)39(35(30)41)27-14-16-28(17-15-27)43-21-24-7-3-2-4-8-24/h2-20H,21-22H2,1H3,(H,38,40,42)/b30-19+. The fourth-order valence-corrected chi connectivity index (χ4v) is 5.51. The van der Waals surface area contributed by atoms with Crippen molar-refractivity contribution in [3.05, 3.63) is 141 Å². The van der Waals surface area contributed by atoms with E-state index < -0.39 is 17.8 Å². The number of fused-ring (bicyclic) bond motifs is 1. The zero-order chi connectivity index (χ0) is 30.6. The summed E-state index contributed by atoms with van der Waals surface area (Å²) in [5.41, 5.74) is 3.99. The fourth-order valence-electron chi connectivity index (χ4n) is 5.00. The third-order valence-corrected chi connectivity index (χ3v) is 7.98. The molecule has 0 radical (unpaired) electrons. The summed E-state index contributed by atoms with van der Waals surface area (Å²) < 4.78 is 12.6. The maximum Gasteiger partial charge on any atom is 0.335 e. The van der Waals surface area contributed by atoms with E-state index in [-0.39, 0.29) is 5.57 Å². The SMILES string of the molecule is Cc1ccc2ccccc2c1COc1ccc(/C=C2\C(=O)NC(=O)N(c3ccc(OCc4ccccc4)cc3)C2=O)cc1Br. The van der Waals surface area contributed by atoms with Crippen molar-refractivity contribution in [1.29, 1.82) is 0 Å². The maximum atomic E-state index is 13.4. The molecule has 5 aromatic carbocycles. The van der Waals surface area contributed by atoms with Crippen molar-refractivity contribution in [3.8, 4) is 11.5 Å².